The van der Waals surface area contributed by atoms with Gasteiger partial charge in [-0.15, -0.1) is 0 Å². The number of rotatable bonds is 5. The Morgan fingerprint density at radius 2 is 1.65 bits per heavy atom. The van der Waals surface area contributed by atoms with Crippen molar-refractivity contribution < 1.29 is 19.1 Å². The number of aryl methyl sites for hydroxylation is 1. The monoisotopic (exact) mass is 569 g/mol. The summed E-state index contributed by atoms with van der Waals surface area (Å²) in [5.41, 5.74) is 6.68. The van der Waals surface area contributed by atoms with Crippen LogP contribution < -0.4 is 14.8 Å². The van der Waals surface area contributed by atoms with Crippen LogP contribution in [0.3, 0.4) is 0 Å². The SMILES string of the molecule is COc1cc(C2C3=C(CCCC3=O)NC3=C2C(=O)CCC3)cc(I)c1OCc1cccc(C)c1. The number of methoxy groups -OCH3 is 1. The van der Waals surface area contributed by atoms with Crippen molar-refractivity contribution in [3.63, 3.8) is 0 Å². The number of benzene rings is 2. The van der Waals surface area contributed by atoms with E-state index < -0.39 is 0 Å². The van der Waals surface area contributed by atoms with Crippen LogP contribution in [0.2, 0.25) is 0 Å². The number of ether oxygens (including phenoxy) is 2. The van der Waals surface area contributed by atoms with Crippen molar-refractivity contribution in [1.29, 1.82) is 0 Å². The van der Waals surface area contributed by atoms with E-state index in [9.17, 15) is 9.59 Å². The van der Waals surface area contributed by atoms with Crippen molar-refractivity contribution in [3.8, 4) is 11.5 Å². The molecule has 0 saturated heterocycles. The minimum atomic E-state index is -0.347. The second kappa shape index (κ2) is 9.56. The highest BCUT2D eigenvalue weighted by Gasteiger charge is 2.40. The molecule has 2 aromatic rings. The number of carbonyl (C=O) groups excluding carboxylic acids is 2. The minimum absolute atomic E-state index is 0.137. The van der Waals surface area contributed by atoms with E-state index in [1.807, 2.05) is 24.3 Å². The van der Waals surface area contributed by atoms with Gasteiger partial charge in [-0.25, -0.2) is 0 Å². The van der Waals surface area contributed by atoms with Crippen molar-refractivity contribution in [2.75, 3.05) is 7.11 Å². The third kappa shape index (κ3) is 4.28. The number of hydrogen-bond acceptors (Lipinski definition) is 5. The number of halogens is 1. The molecule has 2 aliphatic carbocycles. The van der Waals surface area contributed by atoms with Crippen molar-refractivity contribution in [2.45, 2.75) is 58.0 Å². The van der Waals surface area contributed by atoms with E-state index >= 15 is 0 Å². The predicted molar refractivity (Wildman–Crippen MR) is 139 cm³/mol. The molecule has 5 nitrogen and oxygen atoms in total. The van der Waals surface area contributed by atoms with Gasteiger partial charge in [0.15, 0.2) is 23.1 Å². The Morgan fingerprint density at radius 1 is 0.971 bits per heavy atom. The van der Waals surface area contributed by atoms with E-state index in [2.05, 4.69) is 47.0 Å². The molecule has 0 radical (unpaired) electrons. The summed E-state index contributed by atoms with van der Waals surface area (Å²) in [5.74, 6) is 1.22. The van der Waals surface area contributed by atoms with Crippen LogP contribution in [0.4, 0.5) is 0 Å². The Morgan fingerprint density at radius 3 is 2.26 bits per heavy atom. The smallest absolute Gasteiger partial charge is 0.174 e. The number of dihydropyridines is 1. The lowest BCUT2D eigenvalue weighted by Crippen LogP contribution is -2.36. The summed E-state index contributed by atoms with van der Waals surface area (Å²) < 4.78 is 12.8. The molecular formula is C28H28INO4. The zero-order chi connectivity index (χ0) is 23.8. The van der Waals surface area contributed by atoms with Crippen LogP contribution in [0.25, 0.3) is 0 Å². The average Bonchev–Trinajstić information content (AvgIpc) is 2.82. The Balaban J connectivity index is 1.56. The fourth-order valence-corrected chi connectivity index (χ4v) is 6.10. The lowest BCUT2D eigenvalue weighted by atomic mass is 9.71. The number of carbonyl (C=O) groups is 2. The fourth-order valence-electron chi connectivity index (χ4n) is 5.32. The molecule has 6 heteroatoms. The van der Waals surface area contributed by atoms with Gasteiger partial charge in [-0.1, -0.05) is 29.8 Å². The standard InChI is InChI=1S/C28H28INO4/c1-16-6-3-7-17(12-16)15-34-28-19(29)13-18(14-24(28)33-2)25-26-20(8-4-10-22(26)31)30-21-9-5-11-23(32)27(21)25/h3,6-7,12-14,25,30H,4-5,8-11,15H2,1-2H3. The van der Waals surface area contributed by atoms with E-state index in [0.29, 0.717) is 30.9 Å². The van der Waals surface area contributed by atoms with Gasteiger partial charge in [0.1, 0.15) is 6.61 Å². The van der Waals surface area contributed by atoms with Crippen LogP contribution in [0, 0.1) is 10.5 Å². The van der Waals surface area contributed by atoms with Crippen LogP contribution >= 0.6 is 22.6 Å². The van der Waals surface area contributed by atoms with Gasteiger partial charge in [0.2, 0.25) is 0 Å². The number of ketones is 2. The van der Waals surface area contributed by atoms with Gasteiger partial charge in [-0.05, 0) is 78.5 Å². The quantitative estimate of drug-likeness (QED) is 0.456. The molecule has 2 aromatic carbocycles. The molecule has 1 N–H and O–H groups in total. The predicted octanol–water partition coefficient (Wildman–Crippen LogP) is 5.89. The Bertz CT molecular complexity index is 1200. The summed E-state index contributed by atoms with van der Waals surface area (Å²) in [5, 5.41) is 3.48. The second-order valence-corrected chi connectivity index (χ2v) is 10.4. The third-order valence-corrected chi connectivity index (χ3v) is 7.64. The molecule has 0 atom stereocenters. The van der Waals surface area contributed by atoms with Gasteiger partial charge in [0.25, 0.3) is 0 Å². The minimum Gasteiger partial charge on any atom is -0.493 e. The number of nitrogens with one attached hydrogen (secondary N) is 1. The zero-order valence-electron chi connectivity index (χ0n) is 19.5. The number of Topliss-reactive ketones (excluding diaryl/α,β-unsaturated/α-hetero) is 2. The van der Waals surface area contributed by atoms with Crippen LogP contribution in [0.1, 0.15) is 61.1 Å². The van der Waals surface area contributed by atoms with Gasteiger partial charge in [-0.2, -0.15) is 0 Å². The first kappa shape index (κ1) is 23.1. The van der Waals surface area contributed by atoms with Crippen LogP contribution in [-0.2, 0) is 16.2 Å². The van der Waals surface area contributed by atoms with Crippen molar-refractivity contribution >= 4 is 34.2 Å². The van der Waals surface area contributed by atoms with Gasteiger partial charge in [-0.3, -0.25) is 9.59 Å². The van der Waals surface area contributed by atoms with Gasteiger partial charge < -0.3 is 14.8 Å². The Kier molecular flexibility index (Phi) is 6.51. The molecule has 1 aliphatic heterocycles. The van der Waals surface area contributed by atoms with Crippen molar-refractivity contribution in [1.82, 2.24) is 5.32 Å². The summed E-state index contributed by atoms with van der Waals surface area (Å²) in [6.07, 6.45) is 4.43. The Hall–Kier alpha value is -2.61. The van der Waals surface area contributed by atoms with E-state index in [1.165, 1.54) is 5.56 Å². The number of hydrogen-bond donors (Lipinski definition) is 1. The molecular weight excluding hydrogens is 541 g/mol. The molecule has 0 aromatic heterocycles. The molecule has 3 aliphatic rings. The summed E-state index contributed by atoms with van der Waals surface area (Å²) in [7, 11) is 1.63. The topological polar surface area (TPSA) is 64.6 Å². The molecule has 0 bridgehead atoms. The first-order valence-corrected chi connectivity index (χ1v) is 12.9. The van der Waals surface area contributed by atoms with Crippen LogP contribution in [-0.4, -0.2) is 18.7 Å². The number of allylic oxidation sites excluding steroid dienone is 4. The van der Waals surface area contributed by atoms with Gasteiger partial charge in [0.05, 0.1) is 10.7 Å². The third-order valence-electron chi connectivity index (χ3n) is 6.84. The van der Waals surface area contributed by atoms with E-state index in [1.54, 1.807) is 7.11 Å². The highest BCUT2D eigenvalue weighted by Crippen LogP contribution is 2.47. The molecule has 5 rings (SSSR count). The summed E-state index contributed by atoms with van der Waals surface area (Å²) in [6.45, 7) is 2.50. The normalized spacial score (nSPS) is 18.4. The van der Waals surface area contributed by atoms with Crippen LogP contribution in [0.15, 0.2) is 58.9 Å². The molecule has 176 valence electrons. The van der Waals surface area contributed by atoms with Crippen molar-refractivity contribution in [3.05, 3.63) is 79.2 Å². The highest BCUT2D eigenvalue weighted by atomic mass is 127. The van der Waals surface area contributed by atoms with E-state index in [4.69, 9.17) is 9.47 Å². The zero-order valence-corrected chi connectivity index (χ0v) is 21.7. The molecule has 0 fully saturated rings. The first-order valence-electron chi connectivity index (χ1n) is 11.8. The molecule has 0 spiro atoms. The first-order chi connectivity index (χ1) is 16.5. The average molecular weight is 569 g/mol. The lowest BCUT2D eigenvalue weighted by molar-refractivity contribution is -0.116. The summed E-state index contributed by atoms with van der Waals surface area (Å²) >= 11 is 2.26. The van der Waals surface area contributed by atoms with E-state index in [-0.39, 0.29) is 17.5 Å². The maximum atomic E-state index is 13.1. The van der Waals surface area contributed by atoms with Crippen LogP contribution in [0.5, 0.6) is 11.5 Å². The molecule has 0 saturated carbocycles. The summed E-state index contributed by atoms with van der Waals surface area (Å²) in [6, 6.07) is 12.2. The lowest BCUT2D eigenvalue weighted by Gasteiger charge is -2.37. The van der Waals surface area contributed by atoms with Gasteiger partial charge in [0, 0.05) is 41.3 Å². The fraction of sp³-hybridized carbons (Fsp3) is 0.357. The molecule has 0 amide bonds. The molecule has 1 heterocycles. The summed E-state index contributed by atoms with van der Waals surface area (Å²) in [4.78, 5) is 26.2. The maximum absolute atomic E-state index is 13.1. The molecule has 0 unspecified atom stereocenters. The maximum Gasteiger partial charge on any atom is 0.174 e. The highest BCUT2D eigenvalue weighted by molar-refractivity contribution is 14.1. The Labute approximate surface area is 213 Å². The van der Waals surface area contributed by atoms with Gasteiger partial charge >= 0.3 is 0 Å². The largest absolute Gasteiger partial charge is 0.493 e. The van der Waals surface area contributed by atoms with E-state index in [0.717, 1.165) is 62.9 Å². The second-order valence-electron chi connectivity index (χ2n) is 9.21. The van der Waals surface area contributed by atoms with Crippen molar-refractivity contribution in [2.24, 2.45) is 0 Å². The molecule has 34 heavy (non-hydrogen) atoms.